The zero-order chi connectivity index (χ0) is 15.4. The first-order chi connectivity index (χ1) is 10.0. The summed E-state index contributed by atoms with van der Waals surface area (Å²) in [5, 5.41) is 16.9. The van der Waals surface area contributed by atoms with Crippen molar-refractivity contribution in [3.8, 4) is 5.75 Å². The second-order valence-corrected chi connectivity index (χ2v) is 5.06. The number of nitrogens with zero attached hydrogens (tertiary/aromatic N) is 1. The maximum atomic E-state index is 12.2. The van der Waals surface area contributed by atoms with Gasteiger partial charge in [0.15, 0.2) is 0 Å². The van der Waals surface area contributed by atoms with Crippen LogP contribution in [0.2, 0.25) is 0 Å². The zero-order valence-corrected chi connectivity index (χ0v) is 12.1. The van der Waals surface area contributed by atoms with E-state index in [9.17, 15) is 14.9 Å². The van der Waals surface area contributed by atoms with E-state index in [0.717, 1.165) is 13.0 Å². The Balaban J connectivity index is 2.18. The minimum absolute atomic E-state index is 0.167. The Morgan fingerprint density at radius 1 is 1.57 bits per heavy atom. The molecule has 21 heavy (non-hydrogen) atoms. The summed E-state index contributed by atoms with van der Waals surface area (Å²) in [5.41, 5.74) is 0.0225. The summed E-state index contributed by atoms with van der Waals surface area (Å²) in [4.78, 5) is 22.8. The summed E-state index contributed by atoms with van der Waals surface area (Å²) in [6, 6.07) is 4.12. The number of carbonyl (C=O) groups is 1. The average molecular weight is 293 g/mol. The number of nitro benzene ring substituents is 1. The first kappa shape index (κ1) is 15.2. The van der Waals surface area contributed by atoms with Gasteiger partial charge in [-0.3, -0.25) is 14.9 Å². The molecule has 1 aromatic rings. The number of hydrogen-bond acceptors (Lipinski definition) is 5. The van der Waals surface area contributed by atoms with Crippen molar-refractivity contribution in [3.05, 3.63) is 28.3 Å². The lowest BCUT2D eigenvalue weighted by atomic mass is 10.0. The molecule has 114 valence electrons. The van der Waals surface area contributed by atoms with Crippen LogP contribution in [-0.4, -0.2) is 30.0 Å². The fourth-order valence-electron chi connectivity index (χ4n) is 2.42. The minimum Gasteiger partial charge on any atom is -0.494 e. The van der Waals surface area contributed by atoms with Gasteiger partial charge in [-0.25, -0.2) is 0 Å². The third-order valence-electron chi connectivity index (χ3n) is 3.55. The van der Waals surface area contributed by atoms with Gasteiger partial charge < -0.3 is 15.4 Å². The summed E-state index contributed by atoms with van der Waals surface area (Å²) in [6.07, 6.45) is 0.920. The summed E-state index contributed by atoms with van der Waals surface area (Å²) >= 11 is 0. The second kappa shape index (κ2) is 6.53. The van der Waals surface area contributed by atoms with E-state index in [1.807, 2.05) is 6.92 Å². The zero-order valence-electron chi connectivity index (χ0n) is 12.1. The summed E-state index contributed by atoms with van der Waals surface area (Å²) in [6.45, 7) is 4.99. The fourth-order valence-corrected chi connectivity index (χ4v) is 2.42. The number of nitrogens with one attached hydrogen (secondary N) is 2. The number of rotatable bonds is 5. The van der Waals surface area contributed by atoms with Gasteiger partial charge in [-0.05, 0) is 37.9 Å². The lowest BCUT2D eigenvalue weighted by molar-refractivity contribution is -0.384. The molecule has 2 rings (SSSR count). The lowest BCUT2D eigenvalue weighted by Gasteiger charge is -2.15. The maximum Gasteiger partial charge on any atom is 0.296 e. The smallest absolute Gasteiger partial charge is 0.296 e. The van der Waals surface area contributed by atoms with Crippen LogP contribution in [0.25, 0.3) is 0 Å². The second-order valence-electron chi connectivity index (χ2n) is 5.06. The van der Waals surface area contributed by atoms with E-state index < -0.39 is 4.92 Å². The Kier molecular flexibility index (Phi) is 4.74. The molecule has 2 atom stereocenters. The molecule has 2 N–H and O–H groups in total. The first-order valence-electron chi connectivity index (χ1n) is 6.98. The van der Waals surface area contributed by atoms with Crippen LogP contribution in [0.4, 0.5) is 11.4 Å². The van der Waals surface area contributed by atoms with Crippen molar-refractivity contribution in [2.75, 3.05) is 18.5 Å². The number of carbonyl (C=O) groups excluding carboxylic acids is 1. The Labute approximate surface area is 122 Å². The molecule has 7 heteroatoms. The molecular formula is C14H19N3O4. The van der Waals surface area contributed by atoms with Gasteiger partial charge >= 0.3 is 0 Å². The van der Waals surface area contributed by atoms with Gasteiger partial charge in [-0.1, -0.05) is 6.92 Å². The van der Waals surface area contributed by atoms with Crippen LogP contribution >= 0.6 is 0 Å². The van der Waals surface area contributed by atoms with Crippen molar-refractivity contribution in [2.24, 2.45) is 5.92 Å². The first-order valence-corrected chi connectivity index (χ1v) is 6.98. The van der Waals surface area contributed by atoms with Gasteiger partial charge in [-0.15, -0.1) is 0 Å². The SMILES string of the molecule is CCOc1ccc(NC(=O)C2NCCC2C)c([N+](=O)[O-])c1. The quantitative estimate of drug-likeness (QED) is 0.639. The van der Waals surface area contributed by atoms with Gasteiger partial charge in [0.2, 0.25) is 5.91 Å². The molecule has 1 aliphatic heterocycles. The molecule has 1 amide bonds. The highest BCUT2D eigenvalue weighted by Gasteiger charge is 2.30. The Morgan fingerprint density at radius 3 is 2.90 bits per heavy atom. The molecule has 0 radical (unpaired) electrons. The summed E-state index contributed by atoms with van der Waals surface area (Å²) in [5.74, 6) is 0.383. The van der Waals surface area contributed by atoms with Crippen molar-refractivity contribution < 1.29 is 14.5 Å². The molecule has 0 bridgehead atoms. The van der Waals surface area contributed by atoms with Crippen molar-refractivity contribution in [3.63, 3.8) is 0 Å². The van der Waals surface area contributed by atoms with Gasteiger partial charge in [0.25, 0.3) is 5.69 Å². The van der Waals surface area contributed by atoms with Gasteiger partial charge in [-0.2, -0.15) is 0 Å². The van der Waals surface area contributed by atoms with Crippen LogP contribution in [0.3, 0.4) is 0 Å². The molecule has 1 saturated heterocycles. The van der Waals surface area contributed by atoms with E-state index in [1.54, 1.807) is 13.0 Å². The molecular weight excluding hydrogens is 274 g/mol. The largest absolute Gasteiger partial charge is 0.494 e. The van der Waals surface area contributed by atoms with E-state index in [4.69, 9.17) is 4.74 Å². The fraction of sp³-hybridized carbons (Fsp3) is 0.500. The summed E-state index contributed by atoms with van der Waals surface area (Å²) < 4.78 is 5.24. The Morgan fingerprint density at radius 2 is 2.33 bits per heavy atom. The normalized spacial score (nSPS) is 21.0. The maximum absolute atomic E-state index is 12.2. The number of ether oxygens (including phenoxy) is 1. The van der Waals surface area contributed by atoms with Crippen LogP contribution in [0.1, 0.15) is 20.3 Å². The molecule has 2 unspecified atom stereocenters. The van der Waals surface area contributed by atoms with Gasteiger partial charge in [0, 0.05) is 0 Å². The number of nitro groups is 1. The highest BCUT2D eigenvalue weighted by Crippen LogP contribution is 2.29. The molecule has 7 nitrogen and oxygen atoms in total. The van der Waals surface area contributed by atoms with E-state index >= 15 is 0 Å². The topological polar surface area (TPSA) is 93.5 Å². The number of amides is 1. The van der Waals surface area contributed by atoms with Crippen LogP contribution in [0.15, 0.2) is 18.2 Å². The third-order valence-corrected chi connectivity index (χ3v) is 3.55. The Bertz CT molecular complexity index is 547. The molecule has 1 aromatic carbocycles. The molecule has 0 saturated carbocycles. The molecule has 0 aromatic heterocycles. The van der Waals surface area contributed by atoms with E-state index in [-0.39, 0.29) is 29.2 Å². The lowest BCUT2D eigenvalue weighted by Crippen LogP contribution is -2.39. The molecule has 1 heterocycles. The number of anilines is 1. The van der Waals surface area contributed by atoms with Crippen LogP contribution in [0, 0.1) is 16.0 Å². The third kappa shape index (κ3) is 3.49. The van der Waals surface area contributed by atoms with Gasteiger partial charge in [0.05, 0.1) is 23.6 Å². The Hall–Kier alpha value is -2.15. The van der Waals surface area contributed by atoms with E-state index in [1.165, 1.54) is 12.1 Å². The van der Waals surface area contributed by atoms with Crippen LogP contribution in [0.5, 0.6) is 5.75 Å². The minimum atomic E-state index is -0.524. The van der Waals surface area contributed by atoms with Crippen molar-refractivity contribution >= 4 is 17.3 Å². The van der Waals surface area contributed by atoms with Crippen molar-refractivity contribution in [2.45, 2.75) is 26.3 Å². The monoisotopic (exact) mass is 293 g/mol. The number of hydrogen-bond donors (Lipinski definition) is 2. The predicted molar refractivity (Wildman–Crippen MR) is 78.5 cm³/mol. The van der Waals surface area contributed by atoms with E-state index in [2.05, 4.69) is 10.6 Å². The van der Waals surface area contributed by atoms with Crippen molar-refractivity contribution in [1.82, 2.24) is 5.32 Å². The molecule has 1 fully saturated rings. The van der Waals surface area contributed by atoms with Gasteiger partial charge in [0.1, 0.15) is 11.4 Å². The standard InChI is InChI=1S/C14H19N3O4/c1-3-21-10-4-5-11(12(8-10)17(19)20)16-14(18)13-9(2)6-7-15-13/h4-5,8-9,13,15H,3,6-7H2,1-2H3,(H,16,18). The highest BCUT2D eigenvalue weighted by molar-refractivity contribution is 5.97. The van der Waals surface area contributed by atoms with E-state index in [0.29, 0.717) is 12.4 Å². The average Bonchev–Trinajstić information content (AvgIpc) is 2.87. The van der Waals surface area contributed by atoms with Crippen LogP contribution < -0.4 is 15.4 Å². The van der Waals surface area contributed by atoms with Crippen LogP contribution in [-0.2, 0) is 4.79 Å². The van der Waals surface area contributed by atoms with Crippen molar-refractivity contribution in [1.29, 1.82) is 0 Å². The highest BCUT2D eigenvalue weighted by atomic mass is 16.6. The molecule has 1 aliphatic rings. The molecule has 0 spiro atoms. The molecule has 0 aliphatic carbocycles. The number of benzene rings is 1. The predicted octanol–water partition coefficient (Wildman–Crippen LogP) is 1.93. The summed E-state index contributed by atoms with van der Waals surface area (Å²) in [7, 11) is 0.